The van der Waals surface area contributed by atoms with E-state index in [4.69, 9.17) is 14.0 Å². The van der Waals surface area contributed by atoms with Crippen molar-refractivity contribution in [3.05, 3.63) is 52.4 Å². The van der Waals surface area contributed by atoms with E-state index in [2.05, 4.69) is 45.2 Å². The van der Waals surface area contributed by atoms with Gasteiger partial charge >= 0.3 is 0 Å². The highest BCUT2D eigenvalue weighted by Crippen LogP contribution is 2.36. The molecule has 10 heteroatoms. The van der Waals surface area contributed by atoms with Gasteiger partial charge in [-0.2, -0.15) is 4.98 Å². The molecule has 152 valence electrons. The van der Waals surface area contributed by atoms with Crippen LogP contribution in [0.1, 0.15) is 15.4 Å². The second-order valence-electron chi connectivity index (χ2n) is 7.20. The molecule has 6 heterocycles. The van der Waals surface area contributed by atoms with Crippen LogP contribution in [0.25, 0.3) is 51.0 Å². The van der Waals surface area contributed by atoms with Crippen molar-refractivity contribution >= 4 is 28.1 Å². The van der Waals surface area contributed by atoms with Gasteiger partial charge in [-0.15, -0.1) is 11.3 Å². The highest BCUT2D eigenvalue weighted by molar-refractivity contribution is 7.12. The van der Waals surface area contributed by atoms with Gasteiger partial charge in [0.05, 0.1) is 34.7 Å². The van der Waals surface area contributed by atoms with E-state index in [1.807, 2.05) is 23.6 Å². The van der Waals surface area contributed by atoms with E-state index in [0.717, 1.165) is 22.2 Å². The summed E-state index contributed by atoms with van der Waals surface area (Å²) in [6, 6.07) is 4.07. The minimum Gasteiger partial charge on any atom is -0.335 e. The van der Waals surface area contributed by atoms with Crippen molar-refractivity contribution in [1.29, 1.82) is 0 Å². The lowest BCUT2D eigenvalue weighted by atomic mass is 10.1. The summed E-state index contributed by atoms with van der Waals surface area (Å²) < 4.78 is 13.0. The molecule has 0 bridgehead atoms. The molecule has 0 atom stereocenters. The SMILES string of the molecule is Cc1cc(-c2cc(-c3nc(-c4cnc5cnccn45)no3)c3c(C)noc3n2)c(C)s1. The van der Waals surface area contributed by atoms with Crippen LogP contribution in [-0.4, -0.2) is 34.6 Å². The monoisotopic (exact) mass is 429 g/mol. The fourth-order valence-electron chi connectivity index (χ4n) is 3.73. The molecule has 6 rings (SSSR count). The quantitative estimate of drug-likeness (QED) is 0.400. The van der Waals surface area contributed by atoms with E-state index in [1.54, 1.807) is 29.9 Å². The van der Waals surface area contributed by atoms with E-state index in [-0.39, 0.29) is 0 Å². The molecule has 0 aliphatic carbocycles. The Labute approximate surface area is 179 Å². The van der Waals surface area contributed by atoms with Crippen LogP contribution >= 0.6 is 11.3 Å². The predicted octanol–water partition coefficient (Wildman–Crippen LogP) is 4.64. The second kappa shape index (κ2) is 6.54. The zero-order chi connectivity index (χ0) is 21.1. The molecule has 6 aromatic rings. The Kier molecular flexibility index (Phi) is 3.78. The zero-order valence-electron chi connectivity index (χ0n) is 16.8. The molecule has 0 saturated heterocycles. The molecule has 0 radical (unpaired) electrons. The van der Waals surface area contributed by atoms with Gasteiger partial charge in [-0.25, -0.2) is 9.97 Å². The first-order valence-corrected chi connectivity index (χ1v) is 10.4. The largest absolute Gasteiger partial charge is 0.335 e. The van der Waals surface area contributed by atoms with Crippen LogP contribution in [0.4, 0.5) is 0 Å². The number of nitrogens with zero attached hydrogens (tertiary/aromatic N) is 7. The van der Waals surface area contributed by atoms with Crippen molar-refractivity contribution in [2.75, 3.05) is 0 Å². The van der Waals surface area contributed by atoms with Crippen molar-refractivity contribution in [2.45, 2.75) is 20.8 Å². The second-order valence-corrected chi connectivity index (χ2v) is 8.66. The molecule has 0 spiro atoms. The summed E-state index contributed by atoms with van der Waals surface area (Å²) in [6.45, 7) is 6.02. The van der Waals surface area contributed by atoms with Crippen LogP contribution in [-0.2, 0) is 0 Å². The average Bonchev–Trinajstić information content (AvgIpc) is 3.53. The molecule has 31 heavy (non-hydrogen) atoms. The lowest BCUT2D eigenvalue weighted by Gasteiger charge is -2.03. The Morgan fingerprint density at radius 2 is 1.87 bits per heavy atom. The molecule has 0 aromatic carbocycles. The summed E-state index contributed by atoms with van der Waals surface area (Å²) in [5, 5.41) is 9.04. The standard InChI is InChI=1S/C21H15N7O2S/c1-10-6-13(12(3)31-10)15-7-14(18-11(2)26-30-21(18)24-15)20-25-19(27-29-20)16-8-23-17-9-22-4-5-28(16)17/h4-9H,1-3H3. The van der Waals surface area contributed by atoms with Gasteiger partial charge in [0.1, 0.15) is 5.69 Å². The Morgan fingerprint density at radius 1 is 0.968 bits per heavy atom. The predicted molar refractivity (Wildman–Crippen MR) is 115 cm³/mol. The molecule has 0 aliphatic heterocycles. The number of rotatable bonds is 3. The van der Waals surface area contributed by atoms with Crippen molar-refractivity contribution in [3.63, 3.8) is 0 Å². The number of pyridine rings is 1. The highest BCUT2D eigenvalue weighted by atomic mass is 32.1. The minimum atomic E-state index is 0.364. The summed E-state index contributed by atoms with van der Waals surface area (Å²) >= 11 is 1.73. The van der Waals surface area contributed by atoms with Gasteiger partial charge in [0.25, 0.3) is 11.6 Å². The highest BCUT2D eigenvalue weighted by Gasteiger charge is 2.22. The maximum absolute atomic E-state index is 5.67. The molecule has 6 aromatic heterocycles. The molecular weight excluding hydrogens is 414 g/mol. The van der Waals surface area contributed by atoms with E-state index in [1.165, 1.54) is 9.75 Å². The number of fused-ring (bicyclic) bond motifs is 2. The minimum absolute atomic E-state index is 0.364. The van der Waals surface area contributed by atoms with Crippen LogP contribution < -0.4 is 0 Å². The van der Waals surface area contributed by atoms with Gasteiger partial charge in [-0.05, 0) is 32.9 Å². The average molecular weight is 429 g/mol. The summed E-state index contributed by atoms with van der Waals surface area (Å²) in [5.74, 6) is 0.792. The van der Waals surface area contributed by atoms with Crippen molar-refractivity contribution in [1.82, 2.24) is 34.6 Å². The van der Waals surface area contributed by atoms with Crippen LogP contribution in [0.3, 0.4) is 0 Å². The summed E-state index contributed by atoms with van der Waals surface area (Å²) in [5.41, 5.74) is 5.13. The van der Waals surface area contributed by atoms with E-state index >= 15 is 0 Å². The molecule has 0 N–H and O–H groups in total. The summed E-state index contributed by atoms with van der Waals surface area (Å²) in [7, 11) is 0. The van der Waals surface area contributed by atoms with Crippen LogP contribution in [0, 0.1) is 20.8 Å². The maximum Gasteiger partial charge on any atom is 0.259 e. The van der Waals surface area contributed by atoms with E-state index < -0.39 is 0 Å². The van der Waals surface area contributed by atoms with Gasteiger partial charge in [-0.3, -0.25) is 9.38 Å². The molecule has 0 aliphatic rings. The Bertz CT molecular complexity index is 1590. The lowest BCUT2D eigenvalue weighted by Crippen LogP contribution is -1.91. The van der Waals surface area contributed by atoms with Gasteiger partial charge in [0, 0.05) is 27.7 Å². The Hall–Kier alpha value is -3.92. The maximum atomic E-state index is 5.67. The zero-order valence-corrected chi connectivity index (χ0v) is 17.6. The molecule has 0 unspecified atom stereocenters. The fourth-order valence-corrected chi connectivity index (χ4v) is 4.66. The Balaban J connectivity index is 1.55. The Morgan fingerprint density at radius 3 is 2.71 bits per heavy atom. The number of thiophene rings is 1. The third kappa shape index (κ3) is 2.76. The van der Waals surface area contributed by atoms with Crippen LogP contribution in [0.2, 0.25) is 0 Å². The number of aromatic nitrogens is 7. The van der Waals surface area contributed by atoms with Gasteiger partial charge in [0.2, 0.25) is 5.82 Å². The first kappa shape index (κ1) is 17.9. The number of hydrogen-bond acceptors (Lipinski definition) is 9. The van der Waals surface area contributed by atoms with Crippen molar-refractivity contribution < 1.29 is 9.05 Å². The topological polar surface area (TPSA) is 108 Å². The van der Waals surface area contributed by atoms with Crippen LogP contribution in [0.5, 0.6) is 0 Å². The van der Waals surface area contributed by atoms with Crippen molar-refractivity contribution in [2.24, 2.45) is 0 Å². The smallest absolute Gasteiger partial charge is 0.259 e. The molecular formula is C21H15N7O2S. The normalized spacial score (nSPS) is 11.7. The van der Waals surface area contributed by atoms with E-state index in [0.29, 0.717) is 34.5 Å². The van der Waals surface area contributed by atoms with Crippen molar-refractivity contribution in [3.8, 4) is 34.2 Å². The molecule has 0 fully saturated rings. The van der Waals surface area contributed by atoms with Gasteiger partial charge in [-0.1, -0.05) is 10.3 Å². The molecule has 0 saturated carbocycles. The van der Waals surface area contributed by atoms with Gasteiger partial charge < -0.3 is 9.05 Å². The first-order chi connectivity index (χ1) is 15.1. The third-order valence-corrected chi connectivity index (χ3v) is 6.10. The number of hydrogen-bond donors (Lipinski definition) is 0. The summed E-state index contributed by atoms with van der Waals surface area (Å²) in [6.07, 6.45) is 6.86. The first-order valence-electron chi connectivity index (χ1n) is 9.54. The number of aryl methyl sites for hydroxylation is 3. The fraction of sp³-hybridized carbons (Fsp3) is 0.143. The van der Waals surface area contributed by atoms with E-state index in [9.17, 15) is 0 Å². The molecule has 9 nitrogen and oxygen atoms in total. The lowest BCUT2D eigenvalue weighted by molar-refractivity contribution is 0.432. The number of imidazole rings is 1. The molecule has 0 amide bonds. The van der Waals surface area contributed by atoms with Crippen LogP contribution in [0.15, 0.2) is 46.0 Å². The third-order valence-electron chi connectivity index (χ3n) is 5.14. The van der Waals surface area contributed by atoms with Gasteiger partial charge in [0.15, 0.2) is 5.65 Å². The summed E-state index contributed by atoms with van der Waals surface area (Å²) in [4.78, 5) is 20.2.